The molecule has 4 rings (SSSR count). The van der Waals surface area contributed by atoms with Gasteiger partial charge in [-0.25, -0.2) is 9.97 Å². The molecule has 6 nitrogen and oxygen atoms in total. The maximum absolute atomic E-state index is 9.40. The van der Waals surface area contributed by atoms with Crippen molar-refractivity contribution in [2.45, 2.75) is 13.2 Å². The largest absolute Gasteiger partial charge is 0.364 e. The first kappa shape index (κ1) is 15.8. The first-order valence-electron chi connectivity index (χ1n) is 7.68. The lowest BCUT2D eigenvalue weighted by Gasteiger charge is -2.14. The van der Waals surface area contributed by atoms with E-state index in [0.717, 1.165) is 22.3 Å². The first-order valence-corrected chi connectivity index (χ1v) is 8.06. The highest BCUT2D eigenvalue weighted by Crippen LogP contribution is 2.31. The molecule has 0 aliphatic heterocycles. The number of aliphatic hydroxyl groups excluding tert-OH is 1. The van der Waals surface area contributed by atoms with Crippen molar-refractivity contribution in [3.8, 4) is 0 Å². The van der Waals surface area contributed by atoms with Crippen LogP contribution in [0.1, 0.15) is 17.4 Å². The highest BCUT2D eigenvalue weighted by molar-refractivity contribution is 6.33. The van der Waals surface area contributed by atoms with Gasteiger partial charge < -0.3 is 15.5 Å². The lowest BCUT2D eigenvalue weighted by molar-refractivity contribution is -0.0424. The number of hydrogen-bond acceptors (Lipinski definition) is 5. The van der Waals surface area contributed by atoms with E-state index in [4.69, 9.17) is 11.6 Å². The van der Waals surface area contributed by atoms with Crippen LogP contribution in [0.25, 0.3) is 16.6 Å². The zero-order valence-electron chi connectivity index (χ0n) is 13.3. The molecule has 0 radical (unpaired) electrons. The second-order valence-electron chi connectivity index (χ2n) is 5.79. The number of aromatic nitrogens is 3. The number of nitrogens with zero attached hydrogens (tertiary/aromatic N) is 3. The van der Waals surface area contributed by atoms with E-state index in [-0.39, 0.29) is 0 Å². The number of benzene rings is 2. The van der Waals surface area contributed by atoms with Crippen LogP contribution in [0.4, 0.5) is 11.5 Å². The van der Waals surface area contributed by atoms with Crippen LogP contribution in [0, 0.1) is 6.92 Å². The molecule has 4 aromatic rings. The van der Waals surface area contributed by atoms with E-state index in [2.05, 4.69) is 15.3 Å². The lowest BCUT2D eigenvalue weighted by Crippen LogP contribution is -2.02. The standard InChI is InChI=1S/C18H15ClN4O2/c1-10-3-2-4-12(19)16(10)22-17-15-8-20-9-23(15)14-7-11(18(24)25)5-6-13(14)21-17/h2-9,18,24-25H,1H3,(H,21,22). The number of aryl methyl sites for hydroxylation is 1. The van der Waals surface area contributed by atoms with E-state index in [9.17, 15) is 10.2 Å². The van der Waals surface area contributed by atoms with Crippen molar-refractivity contribution in [1.29, 1.82) is 0 Å². The van der Waals surface area contributed by atoms with Crippen molar-refractivity contribution in [2.75, 3.05) is 5.32 Å². The van der Waals surface area contributed by atoms with E-state index in [0.29, 0.717) is 21.9 Å². The summed E-state index contributed by atoms with van der Waals surface area (Å²) < 4.78 is 1.85. The molecule has 25 heavy (non-hydrogen) atoms. The number of nitrogens with one attached hydrogen (secondary N) is 1. The molecule has 0 saturated carbocycles. The summed E-state index contributed by atoms with van der Waals surface area (Å²) in [4.78, 5) is 8.86. The number of fused-ring (bicyclic) bond motifs is 3. The van der Waals surface area contributed by atoms with Gasteiger partial charge in [-0.2, -0.15) is 0 Å². The van der Waals surface area contributed by atoms with Gasteiger partial charge in [-0.15, -0.1) is 0 Å². The minimum Gasteiger partial charge on any atom is -0.364 e. The monoisotopic (exact) mass is 354 g/mol. The number of rotatable bonds is 3. The number of aliphatic hydroxyl groups is 2. The molecule has 0 atom stereocenters. The molecule has 0 aliphatic carbocycles. The predicted molar refractivity (Wildman–Crippen MR) is 97.1 cm³/mol. The Kier molecular flexibility index (Phi) is 3.80. The normalized spacial score (nSPS) is 11.6. The third-order valence-electron chi connectivity index (χ3n) is 4.14. The van der Waals surface area contributed by atoms with Gasteiger partial charge in [0.2, 0.25) is 0 Å². The fourth-order valence-corrected chi connectivity index (χ4v) is 3.10. The average Bonchev–Trinajstić information content (AvgIpc) is 3.08. The average molecular weight is 355 g/mol. The molecule has 126 valence electrons. The van der Waals surface area contributed by atoms with Gasteiger partial charge >= 0.3 is 0 Å². The van der Waals surface area contributed by atoms with Crippen LogP contribution >= 0.6 is 11.6 Å². The Morgan fingerprint density at radius 1 is 1.16 bits per heavy atom. The van der Waals surface area contributed by atoms with Crippen LogP contribution in [0.3, 0.4) is 0 Å². The summed E-state index contributed by atoms with van der Waals surface area (Å²) in [5, 5.41) is 22.7. The van der Waals surface area contributed by atoms with Crippen molar-refractivity contribution >= 4 is 39.7 Å². The number of para-hydroxylation sites is 1. The Labute approximate surface area is 148 Å². The van der Waals surface area contributed by atoms with Gasteiger partial charge in [-0.1, -0.05) is 29.8 Å². The molecule has 0 aliphatic rings. The van der Waals surface area contributed by atoms with Crippen LogP contribution in [0.2, 0.25) is 5.02 Å². The van der Waals surface area contributed by atoms with Crippen molar-refractivity contribution in [1.82, 2.24) is 14.4 Å². The van der Waals surface area contributed by atoms with Crippen LogP contribution in [-0.4, -0.2) is 24.6 Å². The molecule has 0 amide bonds. The fourth-order valence-electron chi connectivity index (χ4n) is 2.83. The zero-order valence-corrected chi connectivity index (χ0v) is 14.1. The second kappa shape index (κ2) is 6.00. The first-order chi connectivity index (χ1) is 12.0. The molecule has 0 saturated heterocycles. The summed E-state index contributed by atoms with van der Waals surface area (Å²) >= 11 is 6.31. The molecule has 0 fully saturated rings. The van der Waals surface area contributed by atoms with E-state index in [1.807, 2.05) is 29.5 Å². The van der Waals surface area contributed by atoms with E-state index >= 15 is 0 Å². The maximum atomic E-state index is 9.40. The molecule has 7 heteroatoms. The SMILES string of the molecule is Cc1cccc(Cl)c1Nc1nc2ccc(C(O)O)cc2n2cncc12. The second-order valence-corrected chi connectivity index (χ2v) is 6.20. The predicted octanol–water partition coefficient (Wildman–Crippen LogP) is 3.57. The molecule has 0 bridgehead atoms. The highest BCUT2D eigenvalue weighted by Gasteiger charge is 2.13. The summed E-state index contributed by atoms with van der Waals surface area (Å²) in [7, 11) is 0. The number of halogens is 1. The Hall–Kier alpha value is -2.67. The molecular weight excluding hydrogens is 340 g/mol. The number of anilines is 2. The minimum atomic E-state index is -1.54. The molecule has 0 unspecified atom stereocenters. The van der Waals surface area contributed by atoms with Gasteiger partial charge in [0.15, 0.2) is 12.1 Å². The fraction of sp³-hybridized carbons (Fsp3) is 0.111. The molecular formula is C18H15ClN4O2. The molecule has 2 aromatic heterocycles. The quantitative estimate of drug-likeness (QED) is 0.490. The number of imidazole rings is 1. The van der Waals surface area contributed by atoms with Gasteiger partial charge in [0, 0.05) is 5.56 Å². The summed E-state index contributed by atoms with van der Waals surface area (Å²) in [5.41, 5.74) is 4.39. The van der Waals surface area contributed by atoms with Crippen LogP contribution in [0.5, 0.6) is 0 Å². The summed E-state index contributed by atoms with van der Waals surface area (Å²) in [5.74, 6) is 0.624. The van der Waals surface area contributed by atoms with E-state index < -0.39 is 6.29 Å². The summed E-state index contributed by atoms with van der Waals surface area (Å²) in [6, 6.07) is 10.7. The van der Waals surface area contributed by atoms with Gasteiger partial charge in [0.05, 0.1) is 34.3 Å². The topological polar surface area (TPSA) is 82.7 Å². The van der Waals surface area contributed by atoms with E-state index in [1.165, 1.54) is 0 Å². The van der Waals surface area contributed by atoms with E-state index in [1.54, 1.807) is 30.7 Å². The van der Waals surface area contributed by atoms with Crippen LogP contribution in [0.15, 0.2) is 48.9 Å². The van der Waals surface area contributed by atoms with Gasteiger partial charge in [0.25, 0.3) is 0 Å². The van der Waals surface area contributed by atoms with Crippen molar-refractivity contribution < 1.29 is 10.2 Å². The minimum absolute atomic E-state index is 0.395. The molecule has 3 N–H and O–H groups in total. The molecule has 2 heterocycles. The summed E-state index contributed by atoms with van der Waals surface area (Å²) in [6.45, 7) is 1.97. The number of hydrogen-bond donors (Lipinski definition) is 3. The van der Waals surface area contributed by atoms with Gasteiger partial charge in [-0.3, -0.25) is 4.40 Å². The Morgan fingerprint density at radius 2 is 2.00 bits per heavy atom. The van der Waals surface area contributed by atoms with Crippen LogP contribution < -0.4 is 5.32 Å². The zero-order chi connectivity index (χ0) is 17.6. The Bertz CT molecular complexity index is 1070. The third kappa shape index (κ3) is 2.70. The Balaban J connectivity index is 1.92. The van der Waals surface area contributed by atoms with Gasteiger partial charge in [-0.05, 0) is 30.7 Å². The third-order valence-corrected chi connectivity index (χ3v) is 4.45. The lowest BCUT2D eigenvalue weighted by atomic mass is 10.1. The highest BCUT2D eigenvalue weighted by atomic mass is 35.5. The van der Waals surface area contributed by atoms with Crippen LogP contribution in [-0.2, 0) is 0 Å². The van der Waals surface area contributed by atoms with Gasteiger partial charge in [0.1, 0.15) is 5.52 Å². The molecule has 2 aromatic carbocycles. The smallest absolute Gasteiger partial charge is 0.178 e. The summed E-state index contributed by atoms with van der Waals surface area (Å²) in [6.07, 6.45) is 1.83. The van der Waals surface area contributed by atoms with Crippen molar-refractivity contribution in [3.63, 3.8) is 0 Å². The van der Waals surface area contributed by atoms with Crippen molar-refractivity contribution in [2.24, 2.45) is 0 Å². The Morgan fingerprint density at radius 3 is 2.76 bits per heavy atom. The van der Waals surface area contributed by atoms with Crippen molar-refractivity contribution in [3.05, 3.63) is 65.1 Å². The molecule has 0 spiro atoms. The maximum Gasteiger partial charge on any atom is 0.178 e.